The van der Waals surface area contributed by atoms with Crippen LogP contribution in [0.2, 0.25) is 0 Å². The minimum atomic E-state index is -0.762. The van der Waals surface area contributed by atoms with Gasteiger partial charge in [0.2, 0.25) is 0 Å². The predicted octanol–water partition coefficient (Wildman–Crippen LogP) is 1.70. The number of likely N-dealkylation sites (tertiary alicyclic amines) is 1. The van der Waals surface area contributed by atoms with Crippen LogP contribution < -0.4 is 5.32 Å². The van der Waals surface area contributed by atoms with Gasteiger partial charge in [-0.15, -0.1) is 0 Å². The summed E-state index contributed by atoms with van der Waals surface area (Å²) in [7, 11) is 0. The van der Waals surface area contributed by atoms with Crippen molar-refractivity contribution in [2.75, 3.05) is 26.2 Å². The highest BCUT2D eigenvalue weighted by molar-refractivity contribution is 5.74. The number of rotatable bonds is 5. The first-order chi connectivity index (χ1) is 10.1. The van der Waals surface area contributed by atoms with Crippen LogP contribution in [0.5, 0.6) is 0 Å². The van der Waals surface area contributed by atoms with Gasteiger partial charge in [0.15, 0.2) is 0 Å². The molecule has 6 nitrogen and oxygen atoms in total. The van der Waals surface area contributed by atoms with Crippen LogP contribution >= 0.6 is 0 Å². The summed E-state index contributed by atoms with van der Waals surface area (Å²) in [6, 6.07) is -0.0438. The van der Waals surface area contributed by atoms with Crippen molar-refractivity contribution in [1.82, 2.24) is 10.2 Å². The first-order valence-corrected chi connectivity index (χ1v) is 7.92. The highest BCUT2D eigenvalue weighted by Gasteiger charge is 2.28. The van der Waals surface area contributed by atoms with Crippen LogP contribution in [0.4, 0.5) is 4.79 Å². The predicted molar refractivity (Wildman–Crippen MR) is 78.1 cm³/mol. The van der Waals surface area contributed by atoms with Crippen LogP contribution in [0.15, 0.2) is 0 Å². The van der Waals surface area contributed by atoms with Gasteiger partial charge in [0.1, 0.15) is 0 Å². The SMILES string of the molecule is CC(CC(=O)O)C1CCCN(C(=O)NCC2CCCO2)C1. The number of carbonyl (C=O) groups excluding carboxylic acids is 1. The summed E-state index contributed by atoms with van der Waals surface area (Å²) < 4.78 is 5.50. The lowest BCUT2D eigenvalue weighted by Gasteiger charge is -2.35. The first-order valence-electron chi connectivity index (χ1n) is 7.92. The van der Waals surface area contributed by atoms with E-state index in [-0.39, 0.29) is 30.4 Å². The van der Waals surface area contributed by atoms with Crippen LogP contribution in [-0.4, -0.2) is 54.4 Å². The summed E-state index contributed by atoms with van der Waals surface area (Å²) in [6.45, 7) is 4.75. The van der Waals surface area contributed by atoms with E-state index in [2.05, 4.69) is 5.32 Å². The highest BCUT2D eigenvalue weighted by atomic mass is 16.5. The molecule has 3 atom stereocenters. The lowest BCUT2D eigenvalue weighted by atomic mass is 9.85. The summed E-state index contributed by atoms with van der Waals surface area (Å²) in [5, 5.41) is 11.8. The van der Waals surface area contributed by atoms with Crippen molar-refractivity contribution in [3.05, 3.63) is 0 Å². The number of carboxylic acids is 1. The Kier molecular flexibility index (Phi) is 5.85. The number of hydrogen-bond donors (Lipinski definition) is 2. The zero-order chi connectivity index (χ0) is 15.2. The van der Waals surface area contributed by atoms with Gasteiger partial charge in [-0.25, -0.2) is 4.79 Å². The second-order valence-electron chi connectivity index (χ2n) is 6.24. The molecule has 2 aliphatic rings. The number of carbonyl (C=O) groups is 2. The molecule has 2 N–H and O–H groups in total. The van der Waals surface area contributed by atoms with Gasteiger partial charge in [-0.2, -0.15) is 0 Å². The van der Waals surface area contributed by atoms with Crippen LogP contribution in [0, 0.1) is 11.8 Å². The second kappa shape index (κ2) is 7.64. The Balaban J connectivity index is 1.76. The Labute approximate surface area is 125 Å². The van der Waals surface area contributed by atoms with E-state index >= 15 is 0 Å². The number of ether oxygens (including phenoxy) is 1. The smallest absolute Gasteiger partial charge is 0.317 e. The molecule has 120 valence electrons. The maximum absolute atomic E-state index is 12.2. The van der Waals surface area contributed by atoms with Gasteiger partial charge in [0, 0.05) is 32.7 Å². The molecule has 0 aliphatic carbocycles. The van der Waals surface area contributed by atoms with Gasteiger partial charge in [-0.1, -0.05) is 6.92 Å². The van der Waals surface area contributed by atoms with Crippen LogP contribution in [0.1, 0.15) is 39.0 Å². The van der Waals surface area contributed by atoms with E-state index in [0.29, 0.717) is 13.1 Å². The number of amides is 2. The van der Waals surface area contributed by atoms with E-state index in [0.717, 1.165) is 38.8 Å². The molecule has 0 radical (unpaired) electrons. The Bertz CT molecular complexity index is 369. The zero-order valence-electron chi connectivity index (χ0n) is 12.7. The molecule has 0 aromatic rings. The van der Waals surface area contributed by atoms with Crippen molar-refractivity contribution < 1.29 is 19.4 Å². The first kappa shape index (κ1) is 16.1. The van der Waals surface area contributed by atoms with E-state index < -0.39 is 5.97 Å². The fourth-order valence-electron chi connectivity index (χ4n) is 3.22. The van der Waals surface area contributed by atoms with Crippen molar-refractivity contribution in [3.8, 4) is 0 Å². The second-order valence-corrected chi connectivity index (χ2v) is 6.24. The Morgan fingerprint density at radius 2 is 2.19 bits per heavy atom. The maximum atomic E-state index is 12.2. The number of carboxylic acid groups (broad SMARTS) is 1. The van der Waals surface area contributed by atoms with Gasteiger partial charge in [0.25, 0.3) is 0 Å². The molecular formula is C15H26N2O4. The molecule has 3 unspecified atom stereocenters. The Hall–Kier alpha value is -1.30. The summed E-state index contributed by atoms with van der Waals surface area (Å²) >= 11 is 0. The molecular weight excluding hydrogens is 272 g/mol. The molecule has 2 saturated heterocycles. The minimum Gasteiger partial charge on any atom is -0.481 e. The van der Waals surface area contributed by atoms with Gasteiger partial charge < -0.3 is 20.1 Å². The molecule has 2 amide bonds. The molecule has 0 saturated carbocycles. The van der Waals surface area contributed by atoms with E-state index in [4.69, 9.17) is 9.84 Å². The molecule has 2 rings (SSSR count). The van der Waals surface area contributed by atoms with E-state index in [9.17, 15) is 9.59 Å². The molecule has 21 heavy (non-hydrogen) atoms. The number of piperidine rings is 1. The van der Waals surface area contributed by atoms with E-state index in [1.807, 2.05) is 11.8 Å². The molecule has 0 bridgehead atoms. The number of nitrogens with zero attached hydrogens (tertiary/aromatic N) is 1. The van der Waals surface area contributed by atoms with Gasteiger partial charge >= 0.3 is 12.0 Å². The van der Waals surface area contributed by atoms with Crippen molar-refractivity contribution in [2.45, 2.75) is 45.1 Å². The van der Waals surface area contributed by atoms with Crippen LogP contribution in [0.25, 0.3) is 0 Å². The van der Waals surface area contributed by atoms with Gasteiger partial charge in [-0.05, 0) is 37.5 Å². The normalized spacial score (nSPS) is 27.4. The monoisotopic (exact) mass is 298 g/mol. The minimum absolute atomic E-state index is 0.0438. The summed E-state index contributed by atoms with van der Waals surface area (Å²) in [5.74, 6) is -0.373. The average Bonchev–Trinajstić information content (AvgIpc) is 2.97. The van der Waals surface area contributed by atoms with Crippen LogP contribution in [-0.2, 0) is 9.53 Å². The van der Waals surface area contributed by atoms with Crippen molar-refractivity contribution >= 4 is 12.0 Å². The largest absolute Gasteiger partial charge is 0.481 e. The zero-order valence-corrected chi connectivity index (χ0v) is 12.7. The van der Waals surface area contributed by atoms with Gasteiger partial charge in [-0.3, -0.25) is 4.79 Å². The molecule has 0 spiro atoms. The fourth-order valence-corrected chi connectivity index (χ4v) is 3.22. The number of nitrogens with one attached hydrogen (secondary N) is 1. The van der Waals surface area contributed by atoms with Crippen LogP contribution in [0.3, 0.4) is 0 Å². The maximum Gasteiger partial charge on any atom is 0.317 e. The Morgan fingerprint density at radius 1 is 1.38 bits per heavy atom. The standard InChI is InChI=1S/C15H26N2O4/c1-11(8-14(18)19)12-4-2-6-17(10-12)15(20)16-9-13-5-3-7-21-13/h11-13H,2-10H2,1H3,(H,16,20)(H,18,19). The van der Waals surface area contributed by atoms with Gasteiger partial charge in [0.05, 0.1) is 6.10 Å². The fraction of sp³-hybridized carbons (Fsp3) is 0.867. The molecule has 0 aromatic heterocycles. The lowest BCUT2D eigenvalue weighted by Crippen LogP contribution is -2.48. The number of hydrogen-bond acceptors (Lipinski definition) is 3. The topological polar surface area (TPSA) is 78.9 Å². The third-order valence-corrected chi connectivity index (χ3v) is 4.55. The van der Waals surface area contributed by atoms with E-state index in [1.165, 1.54) is 0 Å². The quantitative estimate of drug-likeness (QED) is 0.809. The number of urea groups is 1. The highest BCUT2D eigenvalue weighted by Crippen LogP contribution is 2.26. The molecule has 2 fully saturated rings. The summed E-state index contributed by atoms with van der Waals surface area (Å²) in [5.41, 5.74) is 0. The summed E-state index contributed by atoms with van der Waals surface area (Å²) in [4.78, 5) is 24.8. The average molecular weight is 298 g/mol. The lowest BCUT2D eigenvalue weighted by molar-refractivity contribution is -0.138. The third-order valence-electron chi connectivity index (χ3n) is 4.55. The molecule has 2 heterocycles. The summed E-state index contributed by atoms with van der Waals surface area (Å²) in [6.07, 6.45) is 4.36. The third kappa shape index (κ3) is 4.88. The molecule has 6 heteroatoms. The number of aliphatic carboxylic acids is 1. The van der Waals surface area contributed by atoms with Crippen molar-refractivity contribution in [2.24, 2.45) is 11.8 Å². The van der Waals surface area contributed by atoms with Crippen molar-refractivity contribution in [3.63, 3.8) is 0 Å². The van der Waals surface area contributed by atoms with Crippen molar-refractivity contribution in [1.29, 1.82) is 0 Å². The van der Waals surface area contributed by atoms with E-state index in [1.54, 1.807) is 0 Å². The Morgan fingerprint density at radius 3 is 2.86 bits per heavy atom. The molecule has 2 aliphatic heterocycles. The molecule has 0 aromatic carbocycles.